The van der Waals surface area contributed by atoms with Gasteiger partial charge in [0.25, 0.3) is 10.0 Å². The molecule has 0 spiro atoms. The van der Waals surface area contributed by atoms with Gasteiger partial charge in [-0.15, -0.1) is 0 Å². The van der Waals surface area contributed by atoms with E-state index in [4.69, 9.17) is 0 Å². The number of nitrogens with zero attached hydrogens (tertiary/aromatic N) is 3. The fraction of sp³-hybridized carbons (Fsp3) is 0.375. The van der Waals surface area contributed by atoms with Crippen LogP contribution in [0.1, 0.15) is 24.2 Å². The summed E-state index contributed by atoms with van der Waals surface area (Å²) in [5.74, 6) is 0.145. The van der Waals surface area contributed by atoms with Gasteiger partial charge in [0.05, 0.1) is 22.0 Å². The highest BCUT2D eigenvalue weighted by molar-refractivity contribution is 7.92. The molecule has 1 fully saturated rings. The summed E-state index contributed by atoms with van der Waals surface area (Å²) < 4.78 is 40.4. The van der Waals surface area contributed by atoms with Gasteiger partial charge in [-0.1, -0.05) is 0 Å². The molecule has 1 aromatic heterocycles. The molecule has 1 N–H and O–H groups in total. The van der Waals surface area contributed by atoms with Crippen molar-refractivity contribution in [1.29, 1.82) is 0 Å². The van der Waals surface area contributed by atoms with Gasteiger partial charge in [-0.2, -0.15) is 0 Å². The third-order valence-corrected chi connectivity index (χ3v) is 5.37. The summed E-state index contributed by atoms with van der Waals surface area (Å²) in [4.78, 5) is 11.0. The number of sulfonamides is 1. The summed E-state index contributed by atoms with van der Waals surface area (Å²) in [6.45, 7) is 5.33. The Balaban J connectivity index is 1.90. The summed E-state index contributed by atoms with van der Waals surface area (Å²) in [6, 6.07) is 4.67. The molecule has 0 unspecified atom stereocenters. The number of halogens is 1. The van der Waals surface area contributed by atoms with E-state index in [0.717, 1.165) is 38.1 Å². The molecule has 0 aliphatic carbocycles. The maximum Gasteiger partial charge on any atom is 0.262 e. The lowest BCUT2D eigenvalue weighted by Crippen LogP contribution is -2.22. The predicted octanol–water partition coefficient (Wildman–Crippen LogP) is 2.63. The van der Waals surface area contributed by atoms with Crippen molar-refractivity contribution in [2.75, 3.05) is 22.7 Å². The zero-order valence-corrected chi connectivity index (χ0v) is 14.4. The third kappa shape index (κ3) is 3.33. The number of aromatic nitrogens is 2. The standard InChI is InChI=1S/C16H19FN4O2S/c1-11-15(12(2)19-16(18-11)21-9-3-4-10-21)20-24(22,23)14-7-5-13(17)6-8-14/h5-8,20H,3-4,9-10H2,1-2H3. The van der Waals surface area contributed by atoms with Gasteiger partial charge in [0, 0.05) is 13.1 Å². The van der Waals surface area contributed by atoms with E-state index in [2.05, 4.69) is 19.6 Å². The maximum absolute atomic E-state index is 13.0. The van der Waals surface area contributed by atoms with Gasteiger partial charge < -0.3 is 4.90 Å². The molecule has 0 saturated carbocycles. The van der Waals surface area contributed by atoms with E-state index in [1.165, 1.54) is 12.1 Å². The summed E-state index contributed by atoms with van der Waals surface area (Å²) in [6.07, 6.45) is 2.22. The Morgan fingerprint density at radius 3 is 2.12 bits per heavy atom. The van der Waals surface area contributed by atoms with E-state index in [1.807, 2.05) is 0 Å². The molecule has 0 amide bonds. The van der Waals surface area contributed by atoms with Gasteiger partial charge in [0.15, 0.2) is 0 Å². The Kier molecular flexibility index (Phi) is 4.40. The van der Waals surface area contributed by atoms with E-state index in [9.17, 15) is 12.8 Å². The van der Waals surface area contributed by atoms with Crippen LogP contribution in [0.4, 0.5) is 16.0 Å². The Morgan fingerprint density at radius 1 is 1.04 bits per heavy atom. The van der Waals surface area contributed by atoms with Gasteiger partial charge >= 0.3 is 0 Å². The minimum absolute atomic E-state index is 0.00804. The summed E-state index contributed by atoms with van der Waals surface area (Å²) >= 11 is 0. The van der Waals surface area contributed by atoms with Crippen molar-refractivity contribution in [3.05, 3.63) is 41.5 Å². The van der Waals surface area contributed by atoms with E-state index in [1.54, 1.807) is 13.8 Å². The van der Waals surface area contributed by atoms with E-state index < -0.39 is 15.8 Å². The van der Waals surface area contributed by atoms with Gasteiger partial charge in [-0.3, -0.25) is 4.72 Å². The molecule has 6 nitrogen and oxygen atoms in total. The van der Waals surface area contributed by atoms with Crippen LogP contribution >= 0.6 is 0 Å². The fourth-order valence-corrected chi connectivity index (χ4v) is 3.89. The number of aryl methyl sites for hydroxylation is 2. The number of hydrogen-bond donors (Lipinski definition) is 1. The summed E-state index contributed by atoms with van der Waals surface area (Å²) in [7, 11) is -3.82. The zero-order chi connectivity index (χ0) is 17.3. The van der Waals surface area contributed by atoms with Crippen molar-refractivity contribution >= 4 is 21.7 Å². The minimum atomic E-state index is -3.82. The molecular formula is C16H19FN4O2S. The van der Waals surface area contributed by atoms with Gasteiger partial charge in [0.2, 0.25) is 5.95 Å². The normalized spacial score (nSPS) is 14.9. The Labute approximate surface area is 140 Å². The maximum atomic E-state index is 13.0. The molecule has 1 saturated heterocycles. The molecule has 128 valence electrons. The van der Waals surface area contributed by atoms with Crippen LogP contribution in [0, 0.1) is 19.7 Å². The van der Waals surface area contributed by atoms with Gasteiger partial charge in [0.1, 0.15) is 5.82 Å². The first-order chi connectivity index (χ1) is 11.4. The van der Waals surface area contributed by atoms with Crippen molar-refractivity contribution in [3.63, 3.8) is 0 Å². The highest BCUT2D eigenvalue weighted by Crippen LogP contribution is 2.25. The number of hydrogen-bond acceptors (Lipinski definition) is 5. The topological polar surface area (TPSA) is 75.2 Å². The van der Waals surface area contributed by atoms with Crippen molar-refractivity contribution in [2.45, 2.75) is 31.6 Å². The molecule has 3 rings (SSSR count). The second kappa shape index (κ2) is 6.35. The van der Waals surface area contributed by atoms with Crippen LogP contribution in [-0.2, 0) is 10.0 Å². The lowest BCUT2D eigenvalue weighted by Gasteiger charge is -2.19. The van der Waals surface area contributed by atoms with Crippen LogP contribution in [0.25, 0.3) is 0 Å². The Bertz CT molecular complexity index is 824. The van der Waals surface area contributed by atoms with Crippen molar-refractivity contribution in [1.82, 2.24) is 9.97 Å². The molecule has 2 heterocycles. The van der Waals surface area contributed by atoms with Crippen molar-refractivity contribution in [3.8, 4) is 0 Å². The fourth-order valence-electron chi connectivity index (χ4n) is 2.71. The second-order valence-electron chi connectivity index (χ2n) is 5.82. The number of nitrogens with one attached hydrogen (secondary N) is 1. The average molecular weight is 350 g/mol. The van der Waals surface area contributed by atoms with Crippen molar-refractivity contribution < 1.29 is 12.8 Å². The highest BCUT2D eigenvalue weighted by Gasteiger charge is 2.21. The molecule has 1 aliphatic heterocycles. The lowest BCUT2D eigenvalue weighted by molar-refractivity contribution is 0.599. The first kappa shape index (κ1) is 16.6. The molecule has 1 aliphatic rings. The second-order valence-corrected chi connectivity index (χ2v) is 7.51. The summed E-state index contributed by atoms with van der Waals surface area (Å²) in [5.41, 5.74) is 1.49. The largest absolute Gasteiger partial charge is 0.341 e. The predicted molar refractivity (Wildman–Crippen MR) is 90.2 cm³/mol. The van der Waals surface area contributed by atoms with Crippen LogP contribution in [0.5, 0.6) is 0 Å². The van der Waals surface area contributed by atoms with Gasteiger partial charge in [-0.25, -0.2) is 22.8 Å². The smallest absolute Gasteiger partial charge is 0.262 e. The van der Waals surface area contributed by atoms with Crippen LogP contribution in [0.15, 0.2) is 29.2 Å². The van der Waals surface area contributed by atoms with Crippen LogP contribution < -0.4 is 9.62 Å². The number of benzene rings is 1. The zero-order valence-electron chi connectivity index (χ0n) is 13.6. The quantitative estimate of drug-likeness (QED) is 0.917. The first-order valence-electron chi connectivity index (χ1n) is 7.75. The Hall–Kier alpha value is -2.22. The van der Waals surface area contributed by atoms with Gasteiger partial charge in [-0.05, 0) is 51.0 Å². The molecule has 0 atom stereocenters. The average Bonchev–Trinajstić information content (AvgIpc) is 3.05. The van der Waals surface area contributed by atoms with Crippen LogP contribution in [-0.4, -0.2) is 31.5 Å². The minimum Gasteiger partial charge on any atom is -0.341 e. The molecule has 0 bridgehead atoms. The molecule has 2 aromatic rings. The van der Waals surface area contributed by atoms with E-state index in [0.29, 0.717) is 23.0 Å². The number of anilines is 2. The molecule has 8 heteroatoms. The Morgan fingerprint density at radius 2 is 1.58 bits per heavy atom. The molecule has 0 radical (unpaired) electrons. The third-order valence-electron chi connectivity index (χ3n) is 4.01. The lowest BCUT2D eigenvalue weighted by atomic mass is 10.3. The van der Waals surface area contributed by atoms with Crippen LogP contribution in [0.3, 0.4) is 0 Å². The molecule has 1 aromatic carbocycles. The van der Waals surface area contributed by atoms with Crippen molar-refractivity contribution in [2.24, 2.45) is 0 Å². The SMILES string of the molecule is Cc1nc(N2CCCC2)nc(C)c1NS(=O)(=O)c1ccc(F)cc1. The van der Waals surface area contributed by atoms with E-state index in [-0.39, 0.29) is 4.90 Å². The highest BCUT2D eigenvalue weighted by atomic mass is 32.2. The first-order valence-corrected chi connectivity index (χ1v) is 9.24. The monoisotopic (exact) mass is 350 g/mol. The number of rotatable bonds is 4. The van der Waals surface area contributed by atoms with E-state index >= 15 is 0 Å². The van der Waals surface area contributed by atoms with Crippen LogP contribution in [0.2, 0.25) is 0 Å². The molecule has 24 heavy (non-hydrogen) atoms. The molecular weight excluding hydrogens is 331 g/mol. The summed E-state index contributed by atoms with van der Waals surface area (Å²) in [5, 5.41) is 0.